The SMILES string of the molecule is CCCCC/C=C/C=C/C(=O)NC(C)CC. The largest absolute Gasteiger partial charge is 0.350 e. The van der Waals surface area contributed by atoms with E-state index in [-0.39, 0.29) is 11.9 Å². The van der Waals surface area contributed by atoms with Crippen molar-refractivity contribution >= 4 is 5.91 Å². The molecule has 1 atom stereocenters. The number of nitrogens with one attached hydrogen (secondary N) is 1. The minimum absolute atomic E-state index is 0.00689. The third-order valence-corrected chi connectivity index (χ3v) is 2.47. The maximum Gasteiger partial charge on any atom is 0.244 e. The van der Waals surface area contributed by atoms with Crippen molar-refractivity contribution in [1.82, 2.24) is 5.32 Å². The highest BCUT2D eigenvalue weighted by Gasteiger charge is 1.99. The zero-order chi connectivity index (χ0) is 12.2. The van der Waals surface area contributed by atoms with Gasteiger partial charge in [0.15, 0.2) is 0 Å². The maximum atomic E-state index is 11.3. The van der Waals surface area contributed by atoms with Crippen molar-refractivity contribution in [3.05, 3.63) is 24.3 Å². The number of hydrogen-bond donors (Lipinski definition) is 1. The van der Waals surface area contributed by atoms with Crippen LogP contribution in [0.2, 0.25) is 0 Å². The molecule has 0 aromatic rings. The second kappa shape index (κ2) is 10.5. The molecule has 0 fully saturated rings. The van der Waals surface area contributed by atoms with E-state index in [4.69, 9.17) is 0 Å². The van der Waals surface area contributed by atoms with Crippen molar-refractivity contribution in [2.45, 2.75) is 58.9 Å². The molecule has 1 N–H and O–H groups in total. The van der Waals surface area contributed by atoms with Crippen molar-refractivity contribution < 1.29 is 4.79 Å². The Morgan fingerprint density at radius 1 is 1.25 bits per heavy atom. The van der Waals surface area contributed by atoms with Crippen LogP contribution in [-0.4, -0.2) is 11.9 Å². The average molecular weight is 223 g/mol. The lowest BCUT2D eigenvalue weighted by atomic mass is 10.2. The Labute approximate surface area is 99.8 Å². The van der Waals surface area contributed by atoms with Gasteiger partial charge in [-0.1, -0.05) is 44.9 Å². The van der Waals surface area contributed by atoms with Crippen molar-refractivity contribution in [3.63, 3.8) is 0 Å². The average Bonchev–Trinajstić information content (AvgIpc) is 2.27. The summed E-state index contributed by atoms with van der Waals surface area (Å²) >= 11 is 0. The minimum atomic E-state index is -0.00689. The molecule has 0 aromatic carbocycles. The summed E-state index contributed by atoms with van der Waals surface area (Å²) in [5.41, 5.74) is 0. The van der Waals surface area contributed by atoms with E-state index in [2.05, 4.69) is 25.2 Å². The molecule has 0 heterocycles. The quantitative estimate of drug-likeness (QED) is 0.380. The minimum Gasteiger partial charge on any atom is -0.350 e. The monoisotopic (exact) mass is 223 g/mol. The van der Waals surface area contributed by atoms with Gasteiger partial charge in [-0.05, 0) is 26.2 Å². The lowest BCUT2D eigenvalue weighted by molar-refractivity contribution is -0.117. The maximum absolute atomic E-state index is 11.3. The highest BCUT2D eigenvalue weighted by atomic mass is 16.1. The van der Waals surface area contributed by atoms with Crippen LogP contribution < -0.4 is 5.32 Å². The van der Waals surface area contributed by atoms with Crippen LogP contribution in [0.5, 0.6) is 0 Å². The Kier molecular flexibility index (Phi) is 9.78. The molecule has 0 saturated heterocycles. The number of rotatable bonds is 8. The lowest BCUT2D eigenvalue weighted by Gasteiger charge is -2.07. The Morgan fingerprint density at radius 3 is 2.62 bits per heavy atom. The van der Waals surface area contributed by atoms with Gasteiger partial charge >= 0.3 is 0 Å². The molecule has 0 aromatic heterocycles. The van der Waals surface area contributed by atoms with Crippen LogP contribution in [0.25, 0.3) is 0 Å². The van der Waals surface area contributed by atoms with E-state index in [1.54, 1.807) is 6.08 Å². The number of unbranched alkanes of at least 4 members (excludes halogenated alkanes) is 3. The molecule has 0 aliphatic carbocycles. The molecule has 0 rings (SSSR count). The van der Waals surface area contributed by atoms with Gasteiger partial charge in [0.05, 0.1) is 0 Å². The molecule has 0 aliphatic rings. The smallest absolute Gasteiger partial charge is 0.244 e. The van der Waals surface area contributed by atoms with Crippen LogP contribution in [0.15, 0.2) is 24.3 Å². The number of carbonyl (C=O) groups excluding carboxylic acids is 1. The Hall–Kier alpha value is -1.05. The molecule has 0 spiro atoms. The number of allylic oxidation sites excluding steroid dienone is 3. The number of amides is 1. The topological polar surface area (TPSA) is 29.1 Å². The normalized spacial score (nSPS) is 13.4. The van der Waals surface area contributed by atoms with Crippen molar-refractivity contribution in [1.29, 1.82) is 0 Å². The summed E-state index contributed by atoms with van der Waals surface area (Å²) < 4.78 is 0. The summed E-state index contributed by atoms with van der Waals surface area (Å²) in [6.07, 6.45) is 13.3. The predicted molar refractivity (Wildman–Crippen MR) is 70.3 cm³/mol. The van der Waals surface area contributed by atoms with Gasteiger partial charge in [0.25, 0.3) is 0 Å². The predicted octanol–water partition coefficient (Wildman–Crippen LogP) is 3.59. The highest BCUT2D eigenvalue weighted by Crippen LogP contribution is 1.99. The molecule has 2 heteroatoms. The molecular formula is C14H25NO. The van der Waals surface area contributed by atoms with Crippen molar-refractivity contribution in [2.24, 2.45) is 0 Å². The Bertz CT molecular complexity index is 231. The molecule has 92 valence electrons. The van der Waals surface area contributed by atoms with E-state index in [1.165, 1.54) is 19.3 Å². The number of carbonyl (C=O) groups is 1. The second-order valence-corrected chi connectivity index (χ2v) is 4.10. The first-order valence-electron chi connectivity index (χ1n) is 6.34. The zero-order valence-corrected chi connectivity index (χ0v) is 10.8. The first kappa shape index (κ1) is 14.9. The second-order valence-electron chi connectivity index (χ2n) is 4.10. The first-order valence-corrected chi connectivity index (χ1v) is 6.34. The summed E-state index contributed by atoms with van der Waals surface area (Å²) in [6, 6.07) is 0.255. The molecule has 0 bridgehead atoms. The van der Waals surface area contributed by atoms with E-state index < -0.39 is 0 Å². The van der Waals surface area contributed by atoms with Crippen molar-refractivity contribution in [3.8, 4) is 0 Å². The van der Waals surface area contributed by atoms with Gasteiger partial charge in [0.2, 0.25) is 5.91 Å². The van der Waals surface area contributed by atoms with Gasteiger partial charge < -0.3 is 5.32 Å². The third-order valence-electron chi connectivity index (χ3n) is 2.47. The molecule has 0 aliphatic heterocycles. The zero-order valence-electron chi connectivity index (χ0n) is 10.8. The summed E-state index contributed by atoms with van der Waals surface area (Å²) in [4.78, 5) is 11.3. The van der Waals surface area contributed by atoms with Crippen LogP contribution in [0.1, 0.15) is 52.9 Å². The van der Waals surface area contributed by atoms with Crippen LogP contribution in [0, 0.1) is 0 Å². The van der Waals surface area contributed by atoms with E-state index >= 15 is 0 Å². The first-order chi connectivity index (χ1) is 7.70. The van der Waals surface area contributed by atoms with Crippen LogP contribution in [0.4, 0.5) is 0 Å². The Morgan fingerprint density at radius 2 is 2.00 bits per heavy atom. The molecular weight excluding hydrogens is 198 g/mol. The Balaban J connectivity index is 3.62. The summed E-state index contributed by atoms with van der Waals surface area (Å²) in [7, 11) is 0. The van der Waals surface area contributed by atoms with Crippen LogP contribution in [0.3, 0.4) is 0 Å². The van der Waals surface area contributed by atoms with Gasteiger partial charge in [-0.2, -0.15) is 0 Å². The standard InChI is InChI=1S/C14H25NO/c1-4-6-7-8-9-10-11-12-14(16)15-13(3)5-2/h9-13H,4-8H2,1-3H3,(H,15,16)/b10-9+,12-11+. The van der Waals surface area contributed by atoms with Crippen LogP contribution >= 0.6 is 0 Å². The van der Waals surface area contributed by atoms with Crippen LogP contribution in [-0.2, 0) is 4.79 Å². The third kappa shape index (κ3) is 9.50. The fraction of sp³-hybridized carbons (Fsp3) is 0.643. The van der Waals surface area contributed by atoms with E-state index in [1.807, 2.05) is 19.1 Å². The molecule has 16 heavy (non-hydrogen) atoms. The molecule has 2 nitrogen and oxygen atoms in total. The molecule has 0 saturated carbocycles. The van der Waals surface area contributed by atoms with Gasteiger partial charge in [-0.15, -0.1) is 0 Å². The summed E-state index contributed by atoms with van der Waals surface area (Å²) in [5.74, 6) is -0.00689. The fourth-order valence-electron chi connectivity index (χ4n) is 1.22. The van der Waals surface area contributed by atoms with E-state index in [9.17, 15) is 4.79 Å². The molecule has 0 radical (unpaired) electrons. The van der Waals surface area contributed by atoms with Gasteiger partial charge in [0.1, 0.15) is 0 Å². The van der Waals surface area contributed by atoms with Crippen molar-refractivity contribution in [2.75, 3.05) is 0 Å². The van der Waals surface area contributed by atoms with Gasteiger partial charge in [-0.3, -0.25) is 4.79 Å². The number of hydrogen-bond acceptors (Lipinski definition) is 1. The molecule has 1 amide bonds. The van der Waals surface area contributed by atoms with Gasteiger partial charge in [0, 0.05) is 12.1 Å². The lowest BCUT2D eigenvalue weighted by Crippen LogP contribution is -2.30. The fourth-order valence-corrected chi connectivity index (χ4v) is 1.22. The summed E-state index contributed by atoms with van der Waals surface area (Å²) in [5, 5.41) is 2.88. The summed E-state index contributed by atoms with van der Waals surface area (Å²) in [6.45, 7) is 6.26. The van der Waals surface area contributed by atoms with Gasteiger partial charge in [-0.25, -0.2) is 0 Å². The van der Waals surface area contributed by atoms with E-state index in [0.29, 0.717) is 0 Å². The highest BCUT2D eigenvalue weighted by molar-refractivity contribution is 5.87. The van der Waals surface area contributed by atoms with E-state index in [0.717, 1.165) is 12.8 Å². The molecule has 1 unspecified atom stereocenters.